The first-order valence-corrected chi connectivity index (χ1v) is 11.6. The zero-order valence-corrected chi connectivity index (χ0v) is 18.5. The Morgan fingerprint density at radius 1 is 0.963 bits per heavy atom. The van der Waals surface area contributed by atoms with E-state index < -0.39 is 16.6 Å². The van der Waals surface area contributed by atoms with Crippen molar-refractivity contribution < 1.29 is 26.4 Å². The lowest BCUT2D eigenvalue weighted by molar-refractivity contribution is -0.915. The molecule has 7 nitrogen and oxygen atoms in total. The summed E-state index contributed by atoms with van der Waals surface area (Å²) >= 11 is 0. The van der Waals surface area contributed by atoms with Crippen LogP contribution in [0.15, 0.2) is 0 Å². The summed E-state index contributed by atoms with van der Waals surface area (Å²) in [5.74, 6) is 0.0251. The second kappa shape index (κ2) is 14.3. The molecule has 0 bridgehead atoms. The Morgan fingerprint density at radius 3 is 1.96 bits per heavy atom. The van der Waals surface area contributed by atoms with Gasteiger partial charge in [0.2, 0.25) is 22.5 Å². The number of unbranched alkanes of at least 4 members (excludes halogenated alkanes) is 8. The largest absolute Gasteiger partial charge is 0.725 e. The number of nitrogens with zero attached hydrogens (tertiary/aromatic N) is 1. The molecule has 1 N–H and O–H groups in total. The van der Waals surface area contributed by atoms with Gasteiger partial charge in [0.25, 0.3) is 0 Å². The monoisotopic (exact) mass is 408 g/mol. The third-order valence-electron chi connectivity index (χ3n) is 4.55. The van der Waals surface area contributed by atoms with Crippen molar-refractivity contribution in [1.82, 2.24) is 5.32 Å². The summed E-state index contributed by atoms with van der Waals surface area (Å²) in [5, 5.41) is 2.85. The molecule has 1 unspecified atom stereocenters. The molecule has 0 spiro atoms. The van der Waals surface area contributed by atoms with E-state index in [0.29, 0.717) is 25.8 Å². The second-order valence-corrected chi connectivity index (χ2v) is 9.15. The van der Waals surface area contributed by atoms with E-state index in [4.69, 9.17) is 0 Å². The van der Waals surface area contributed by atoms with Crippen LogP contribution in [-0.4, -0.2) is 57.3 Å². The van der Waals surface area contributed by atoms with E-state index >= 15 is 0 Å². The molecule has 0 rings (SSSR count). The first-order chi connectivity index (χ1) is 12.6. The number of carbonyl (C=O) groups is 1. The highest BCUT2D eigenvalue weighted by Crippen LogP contribution is 2.14. The highest BCUT2D eigenvalue weighted by atomic mass is 32.3. The molecule has 0 aliphatic rings. The van der Waals surface area contributed by atoms with E-state index in [-0.39, 0.29) is 10.4 Å². The predicted octanol–water partition coefficient (Wildman–Crippen LogP) is 3.31. The van der Waals surface area contributed by atoms with E-state index in [0.717, 1.165) is 12.8 Å². The van der Waals surface area contributed by atoms with Crippen LogP contribution in [-0.2, 0) is 19.4 Å². The van der Waals surface area contributed by atoms with Crippen LogP contribution in [0.4, 0.5) is 0 Å². The lowest BCUT2D eigenvalue weighted by Crippen LogP contribution is -2.47. The Hall–Kier alpha value is -0.700. The molecule has 0 aliphatic heterocycles. The van der Waals surface area contributed by atoms with E-state index in [1.165, 1.54) is 44.9 Å². The van der Waals surface area contributed by atoms with E-state index in [9.17, 15) is 17.8 Å². The van der Waals surface area contributed by atoms with Gasteiger partial charge in [0, 0.05) is 19.4 Å². The van der Waals surface area contributed by atoms with Gasteiger partial charge >= 0.3 is 0 Å². The van der Waals surface area contributed by atoms with Gasteiger partial charge in [-0.1, -0.05) is 58.3 Å². The zero-order chi connectivity index (χ0) is 20.8. The average Bonchev–Trinajstić information content (AvgIpc) is 2.54. The van der Waals surface area contributed by atoms with Crippen molar-refractivity contribution in [2.45, 2.75) is 90.2 Å². The molecular weight excluding hydrogens is 368 g/mol. The summed E-state index contributed by atoms with van der Waals surface area (Å²) in [7, 11) is 0.547. The fourth-order valence-electron chi connectivity index (χ4n) is 2.89. The van der Waals surface area contributed by atoms with Crippen LogP contribution in [0, 0.1) is 0 Å². The van der Waals surface area contributed by atoms with Gasteiger partial charge in [-0.25, -0.2) is 12.6 Å². The molecule has 0 fully saturated rings. The Labute approximate surface area is 166 Å². The predicted molar refractivity (Wildman–Crippen MR) is 107 cm³/mol. The standard InChI is InChI=1S/C19H40N2O5S/c1-5-6-7-8-9-10-11-12-13-15-18(22)20-17-14-16-19(21(2,3)4)26-27(23,24)25/h19H,5-17H2,1-4H3,(H-,20,22,23,24,25). The smallest absolute Gasteiger partial charge is 0.222 e. The number of quaternary nitrogens is 1. The van der Waals surface area contributed by atoms with Gasteiger partial charge in [0.05, 0.1) is 21.1 Å². The summed E-state index contributed by atoms with van der Waals surface area (Å²) in [5.41, 5.74) is 0. The number of carbonyl (C=O) groups excluding carboxylic acids is 1. The van der Waals surface area contributed by atoms with E-state index in [1.807, 2.05) is 0 Å². The Morgan fingerprint density at radius 2 is 1.48 bits per heavy atom. The summed E-state index contributed by atoms with van der Waals surface area (Å²) in [6.07, 6.45) is 11.7. The van der Waals surface area contributed by atoms with Crippen molar-refractivity contribution >= 4 is 16.3 Å². The topological polar surface area (TPSA) is 95.5 Å². The second-order valence-electron chi connectivity index (χ2n) is 8.15. The van der Waals surface area contributed by atoms with Crippen LogP contribution in [0.25, 0.3) is 0 Å². The van der Waals surface area contributed by atoms with E-state index in [2.05, 4.69) is 16.4 Å². The van der Waals surface area contributed by atoms with Gasteiger partial charge in [0.1, 0.15) is 0 Å². The molecule has 8 heteroatoms. The van der Waals surface area contributed by atoms with Crippen LogP contribution in [0.3, 0.4) is 0 Å². The average molecular weight is 409 g/mol. The Bertz CT molecular complexity index is 489. The summed E-state index contributed by atoms with van der Waals surface area (Å²) in [6, 6.07) is 0. The minimum Gasteiger partial charge on any atom is -0.725 e. The van der Waals surface area contributed by atoms with Crippen molar-refractivity contribution in [2.75, 3.05) is 27.7 Å². The molecule has 0 aromatic heterocycles. The third-order valence-corrected chi connectivity index (χ3v) is 5.01. The highest BCUT2D eigenvalue weighted by molar-refractivity contribution is 7.80. The third kappa shape index (κ3) is 17.1. The van der Waals surface area contributed by atoms with Gasteiger partial charge in [-0.3, -0.25) is 4.79 Å². The quantitative estimate of drug-likeness (QED) is 0.131. The van der Waals surface area contributed by atoms with Crippen molar-refractivity contribution in [3.8, 4) is 0 Å². The number of rotatable bonds is 17. The normalized spacial score (nSPS) is 13.5. The number of nitrogens with one attached hydrogen (secondary N) is 1. The molecule has 0 saturated heterocycles. The van der Waals surface area contributed by atoms with Crippen molar-refractivity contribution in [3.63, 3.8) is 0 Å². The van der Waals surface area contributed by atoms with Crippen molar-refractivity contribution in [2.24, 2.45) is 0 Å². The van der Waals surface area contributed by atoms with Gasteiger partial charge in [-0.05, 0) is 12.8 Å². The number of amides is 1. The van der Waals surface area contributed by atoms with Gasteiger partial charge in [-0.15, -0.1) is 0 Å². The lowest BCUT2D eigenvalue weighted by Gasteiger charge is -2.33. The van der Waals surface area contributed by atoms with Gasteiger partial charge in [0.15, 0.2) is 0 Å². The number of hydrogen-bond donors (Lipinski definition) is 1. The summed E-state index contributed by atoms with van der Waals surface area (Å²) in [4.78, 5) is 11.8. The van der Waals surface area contributed by atoms with Crippen LogP contribution in [0.1, 0.15) is 84.0 Å². The summed E-state index contributed by atoms with van der Waals surface area (Å²) in [6.45, 7) is 2.67. The molecule has 0 aromatic carbocycles. The van der Waals surface area contributed by atoms with Crippen LogP contribution in [0.2, 0.25) is 0 Å². The maximum absolute atomic E-state index is 11.8. The maximum Gasteiger partial charge on any atom is 0.222 e. The molecule has 0 radical (unpaired) electrons. The molecule has 162 valence electrons. The molecule has 1 amide bonds. The van der Waals surface area contributed by atoms with Crippen molar-refractivity contribution in [1.29, 1.82) is 0 Å². The van der Waals surface area contributed by atoms with Crippen LogP contribution in [0.5, 0.6) is 0 Å². The molecule has 0 heterocycles. The van der Waals surface area contributed by atoms with Crippen LogP contribution < -0.4 is 5.32 Å². The number of hydrogen-bond acceptors (Lipinski definition) is 5. The van der Waals surface area contributed by atoms with Crippen molar-refractivity contribution in [3.05, 3.63) is 0 Å². The Kier molecular flexibility index (Phi) is 13.9. The first kappa shape index (κ1) is 26.3. The molecule has 0 aliphatic carbocycles. The maximum atomic E-state index is 11.8. The molecule has 0 saturated carbocycles. The lowest BCUT2D eigenvalue weighted by atomic mass is 10.1. The van der Waals surface area contributed by atoms with Gasteiger partial charge < -0.3 is 14.4 Å². The van der Waals surface area contributed by atoms with Gasteiger partial charge in [-0.2, -0.15) is 0 Å². The fraction of sp³-hybridized carbons (Fsp3) is 0.947. The fourth-order valence-corrected chi connectivity index (χ4v) is 3.52. The van der Waals surface area contributed by atoms with E-state index in [1.54, 1.807) is 21.1 Å². The SMILES string of the molecule is CCCCCCCCCCCC(=O)NCCCC(OS(=O)(=O)[O-])[N+](C)(C)C. The minimum atomic E-state index is -4.74. The molecule has 0 aromatic rings. The van der Waals surface area contributed by atoms with Crippen LogP contribution >= 0.6 is 0 Å². The Balaban J connectivity index is 3.75. The molecule has 27 heavy (non-hydrogen) atoms. The minimum absolute atomic E-state index is 0.0251. The first-order valence-electron chi connectivity index (χ1n) is 10.3. The zero-order valence-electron chi connectivity index (χ0n) is 17.7. The summed E-state index contributed by atoms with van der Waals surface area (Å²) < 4.78 is 37.3. The highest BCUT2D eigenvalue weighted by Gasteiger charge is 2.26. The molecule has 1 atom stereocenters. The molecular formula is C19H40N2O5S.